The summed E-state index contributed by atoms with van der Waals surface area (Å²) in [5, 5.41) is 8.98. The van der Waals surface area contributed by atoms with E-state index < -0.39 is 0 Å². The Morgan fingerprint density at radius 2 is 2.12 bits per heavy atom. The van der Waals surface area contributed by atoms with Gasteiger partial charge in [-0.15, -0.1) is 0 Å². The summed E-state index contributed by atoms with van der Waals surface area (Å²) in [5.74, 6) is 0.937. The second-order valence-electron chi connectivity index (χ2n) is 4.43. The maximum atomic E-state index is 8.98. The maximum Gasteiger partial charge on any atom is 0.162 e. The molecule has 1 aliphatic heterocycles. The average molecular weight is 230 g/mol. The van der Waals surface area contributed by atoms with Crippen LogP contribution >= 0.6 is 0 Å². The van der Waals surface area contributed by atoms with Crippen LogP contribution in [0.4, 0.5) is 5.82 Å². The maximum absolute atomic E-state index is 8.98. The van der Waals surface area contributed by atoms with Gasteiger partial charge in [0.25, 0.3) is 0 Å². The van der Waals surface area contributed by atoms with Crippen molar-refractivity contribution in [3.8, 4) is 6.07 Å². The van der Waals surface area contributed by atoms with Crippen molar-refractivity contribution < 1.29 is 0 Å². The molecular weight excluding hydrogens is 212 g/mol. The molecular formula is C13H18N4. The molecule has 0 aliphatic carbocycles. The van der Waals surface area contributed by atoms with Crippen LogP contribution in [0.5, 0.6) is 0 Å². The van der Waals surface area contributed by atoms with Gasteiger partial charge in [-0.25, -0.2) is 9.97 Å². The normalized spacial score (nSPS) is 15.6. The molecule has 1 fully saturated rings. The third-order valence-corrected chi connectivity index (χ3v) is 3.10. The van der Waals surface area contributed by atoms with Gasteiger partial charge in [0.15, 0.2) is 5.69 Å². The minimum atomic E-state index is 0.479. The van der Waals surface area contributed by atoms with E-state index >= 15 is 0 Å². The molecule has 0 radical (unpaired) electrons. The SMILES string of the molecule is CCCc1nc(N2CCCCC2)cnc1C#N. The molecule has 0 saturated carbocycles. The lowest BCUT2D eigenvalue weighted by atomic mass is 10.1. The van der Waals surface area contributed by atoms with Crippen molar-refractivity contribution >= 4 is 5.82 Å². The van der Waals surface area contributed by atoms with Gasteiger partial charge in [-0.2, -0.15) is 5.26 Å². The largest absolute Gasteiger partial charge is 0.355 e. The van der Waals surface area contributed by atoms with E-state index in [9.17, 15) is 0 Å². The highest BCUT2D eigenvalue weighted by Crippen LogP contribution is 2.18. The third kappa shape index (κ3) is 2.73. The number of anilines is 1. The number of piperidine rings is 1. The molecule has 1 aromatic heterocycles. The van der Waals surface area contributed by atoms with Crippen molar-refractivity contribution in [2.75, 3.05) is 18.0 Å². The Labute approximate surface area is 102 Å². The smallest absolute Gasteiger partial charge is 0.162 e. The zero-order chi connectivity index (χ0) is 12.1. The van der Waals surface area contributed by atoms with Crippen LogP contribution in [0.2, 0.25) is 0 Å². The van der Waals surface area contributed by atoms with Gasteiger partial charge in [-0.1, -0.05) is 13.3 Å². The number of nitrogens with zero attached hydrogens (tertiary/aromatic N) is 4. The summed E-state index contributed by atoms with van der Waals surface area (Å²) in [6, 6.07) is 2.12. The van der Waals surface area contributed by atoms with Gasteiger partial charge in [0.05, 0.1) is 11.9 Å². The number of hydrogen-bond donors (Lipinski definition) is 0. The van der Waals surface area contributed by atoms with Crippen molar-refractivity contribution in [1.82, 2.24) is 9.97 Å². The standard InChI is InChI=1S/C13H18N4/c1-2-6-11-12(9-14)15-10-13(16-11)17-7-4-3-5-8-17/h10H,2-8H2,1H3. The molecule has 0 spiro atoms. The number of nitriles is 1. The molecule has 0 bridgehead atoms. The molecule has 1 saturated heterocycles. The molecule has 90 valence electrons. The average Bonchev–Trinajstić information content (AvgIpc) is 2.40. The molecule has 1 aliphatic rings. The van der Waals surface area contributed by atoms with E-state index in [-0.39, 0.29) is 0 Å². The lowest BCUT2D eigenvalue weighted by Gasteiger charge is -2.27. The highest BCUT2D eigenvalue weighted by Gasteiger charge is 2.14. The van der Waals surface area contributed by atoms with Crippen LogP contribution in [0, 0.1) is 11.3 Å². The molecule has 0 atom stereocenters. The second-order valence-corrected chi connectivity index (χ2v) is 4.43. The van der Waals surface area contributed by atoms with Gasteiger partial charge in [-0.05, 0) is 25.7 Å². The molecule has 1 aromatic rings. The van der Waals surface area contributed by atoms with E-state index in [1.165, 1.54) is 19.3 Å². The zero-order valence-corrected chi connectivity index (χ0v) is 10.3. The lowest BCUT2D eigenvalue weighted by Crippen LogP contribution is -2.30. The van der Waals surface area contributed by atoms with Crippen LogP contribution in [-0.2, 0) is 6.42 Å². The fraction of sp³-hybridized carbons (Fsp3) is 0.615. The van der Waals surface area contributed by atoms with Crippen LogP contribution in [0.1, 0.15) is 44.0 Å². The summed E-state index contributed by atoms with van der Waals surface area (Å²) in [6.45, 7) is 4.22. The fourth-order valence-corrected chi connectivity index (χ4v) is 2.20. The van der Waals surface area contributed by atoms with Crippen molar-refractivity contribution in [3.63, 3.8) is 0 Å². The van der Waals surface area contributed by atoms with E-state index in [1.807, 2.05) is 0 Å². The molecule has 0 amide bonds. The van der Waals surface area contributed by atoms with Crippen LogP contribution < -0.4 is 4.90 Å². The van der Waals surface area contributed by atoms with E-state index in [1.54, 1.807) is 6.20 Å². The van der Waals surface area contributed by atoms with Crippen molar-refractivity contribution in [2.24, 2.45) is 0 Å². The van der Waals surface area contributed by atoms with Gasteiger partial charge in [0, 0.05) is 13.1 Å². The summed E-state index contributed by atoms with van der Waals surface area (Å²) in [5.41, 5.74) is 1.32. The van der Waals surface area contributed by atoms with Crippen LogP contribution in [-0.4, -0.2) is 23.1 Å². The van der Waals surface area contributed by atoms with Crippen molar-refractivity contribution in [2.45, 2.75) is 39.0 Å². The summed E-state index contributed by atoms with van der Waals surface area (Å²) < 4.78 is 0. The Kier molecular flexibility index (Phi) is 3.92. The minimum absolute atomic E-state index is 0.479. The number of aryl methyl sites for hydroxylation is 1. The van der Waals surface area contributed by atoms with E-state index in [0.717, 1.165) is 37.4 Å². The predicted octanol–water partition coefficient (Wildman–Crippen LogP) is 2.29. The quantitative estimate of drug-likeness (QED) is 0.799. The topological polar surface area (TPSA) is 52.8 Å². The van der Waals surface area contributed by atoms with E-state index in [2.05, 4.69) is 27.9 Å². The first-order chi connectivity index (χ1) is 8.35. The molecule has 2 heterocycles. The zero-order valence-electron chi connectivity index (χ0n) is 10.3. The Morgan fingerprint density at radius 3 is 2.76 bits per heavy atom. The molecule has 0 N–H and O–H groups in total. The second kappa shape index (κ2) is 5.62. The summed E-state index contributed by atoms with van der Waals surface area (Å²) in [7, 11) is 0. The van der Waals surface area contributed by atoms with Crippen LogP contribution in [0.15, 0.2) is 6.20 Å². The number of hydrogen-bond acceptors (Lipinski definition) is 4. The van der Waals surface area contributed by atoms with E-state index in [4.69, 9.17) is 5.26 Å². The molecule has 2 rings (SSSR count). The molecule has 0 aromatic carbocycles. The van der Waals surface area contributed by atoms with Gasteiger partial charge in [0.2, 0.25) is 0 Å². The summed E-state index contributed by atoms with van der Waals surface area (Å²) in [6.07, 6.45) is 7.32. The predicted molar refractivity (Wildman–Crippen MR) is 66.8 cm³/mol. The fourth-order valence-electron chi connectivity index (χ4n) is 2.20. The first kappa shape index (κ1) is 11.8. The van der Waals surface area contributed by atoms with Crippen LogP contribution in [0.25, 0.3) is 0 Å². The van der Waals surface area contributed by atoms with Gasteiger partial charge in [0.1, 0.15) is 11.9 Å². The molecule has 17 heavy (non-hydrogen) atoms. The Morgan fingerprint density at radius 1 is 1.35 bits per heavy atom. The Bertz CT molecular complexity index is 416. The van der Waals surface area contributed by atoms with Crippen molar-refractivity contribution in [3.05, 3.63) is 17.6 Å². The van der Waals surface area contributed by atoms with Gasteiger partial charge in [-0.3, -0.25) is 0 Å². The third-order valence-electron chi connectivity index (χ3n) is 3.10. The molecule has 0 unspecified atom stereocenters. The Balaban J connectivity index is 2.23. The molecule has 4 heteroatoms. The monoisotopic (exact) mass is 230 g/mol. The van der Waals surface area contributed by atoms with E-state index in [0.29, 0.717) is 5.69 Å². The highest BCUT2D eigenvalue weighted by atomic mass is 15.2. The first-order valence-corrected chi connectivity index (χ1v) is 6.36. The van der Waals surface area contributed by atoms with Gasteiger partial charge >= 0.3 is 0 Å². The van der Waals surface area contributed by atoms with Crippen molar-refractivity contribution in [1.29, 1.82) is 5.26 Å². The Hall–Kier alpha value is -1.63. The summed E-state index contributed by atoms with van der Waals surface area (Å²) in [4.78, 5) is 11.1. The highest BCUT2D eigenvalue weighted by molar-refractivity contribution is 5.40. The summed E-state index contributed by atoms with van der Waals surface area (Å²) >= 11 is 0. The van der Waals surface area contributed by atoms with Crippen LogP contribution in [0.3, 0.4) is 0 Å². The number of aromatic nitrogens is 2. The lowest BCUT2D eigenvalue weighted by molar-refractivity contribution is 0.571. The minimum Gasteiger partial charge on any atom is -0.355 e. The number of rotatable bonds is 3. The molecule has 4 nitrogen and oxygen atoms in total. The first-order valence-electron chi connectivity index (χ1n) is 6.36. The van der Waals surface area contributed by atoms with Gasteiger partial charge < -0.3 is 4.90 Å².